The third-order valence-corrected chi connectivity index (χ3v) is 7.28. The van der Waals surface area contributed by atoms with Crippen LogP contribution in [0.15, 0.2) is 72.8 Å². The molecule has 4 atom stereocenters. The lowest BCUT2D eigenvalue weighted by Gasteiger charge is -2.27. The Balaban J connectivity index is 1.78. The van der Waals surface area contributed by atoms with Crippen LogP contribution < -0.4 is 9.47 Å². The number of esters is 1. The quantitative estimate of drug-likeness (QED) is 0.157. The zero-order valence-electron chi connectivity index (χ0n) is 25.6. The molecule has 0 radical (unpaired) electrons. The normalized spacial score (nSPS) is 14.5. The first kappa shape index (κ1) is 32.0. The van der Waals surface area contributed by atoms with Gasteiger partial charge in [-0.1, -0.05) is 50.2 Å². The molecule has 3 aromatic carbocycles. The Labute approximate surface area is 245 Å². The molecule has 0 bridgehead atoms. The zero-order valence-corrected chi connectivity index (χ0v) is 25.6. The number of carbonyl (C=O) groups excluding carboxylic acids is 1. The number of phenols is 1. The Kier molecular flexibility index (Phi) is 11.7. The minimum absolute atomic E-state index is 0.126. The fourth-order valence-corrected chi connectivity index (χ4v) is 5.02. The van der Waals surface area contributed by atoms with Gasteiger partial charge in [-0.3, -0.25) is 0 Å². The number of phenolic OH excluding ortho intramolecular Hbond substituents is 1. The fourth-order valence-electron chi connectivity index (χ4n) is 5.02. The second kappa shape index (κ2) is 14.9. The molecule has 0 heterocycles. The Morgan fingerprint density at radius 2 is 1.32 bits per heavy atom. The van der Waals surface area contributed by atoms with Crippen molar-refractivity contribution >= 4 is 5.97 Å². The van der Waals surface area contributed by atoms with E-state index in [2.05, 4.69) is 38.1 Å². The van der Waals surface area contributed by atoms with E-state index in [0.29, 0.717) is 17.6 Å². The second-order valence-corrected chi connectivity index (χ2v) is 11.7. The summed E-state index contributed by atoms with van der Waals surface area (Å²) >= 11 is 0. The SMILES string of the molecule is CCC(CC(CC(C)c1ccc(O)cc1)c1ccc(OCC(=O)OC(C)(C)C)cc1)c1ccc(OC(C)OC)cc1. The summed E-state index contributed by atoms with van der Waals surface area (Å²) in [4.78, 5) is 12.1. The first-order valence-electron chi connectivity index (χ1n) is 14.5. The molecular formula is C35H46O6. The summed E-state index contributed by atoms with van der Waals surface area (Å²) in [6, 6.07) is 23.9. The molecule has 6 heteroatoms. The van der Waals surface area contributed by atoms with E-state index < -0.39 is 5.60 Å². The van der Waals surface area contributed by atoms with E-state index in [1.54, 1.807) is 19.2 Å². The van der Waals surface area contributed by atoms with Crippen molar-refractivity contribution < 1.29 is 28.8 Å². The highest BCUT2D eigenvalue weighted by Gasteiger charge is 2.23. The van der Waals surface area contributed by atoms with Crippen molar-refractivity contribution in [2.45, 2.75) is 90.4 Å². The van der Waals surface area contributed by atoms with Gasteiger partial charge in [0.05, 0.1) is 0 Å². The van der Waals surface area contributed by atoms with Gasteiger partial charge in [-0.2, -0.15) is 0 Å². The molecule has 0 fully saturated rings. The standard InChI is InChI=1S/C35H46O6/c1-8-26(28-13-19-33(20-14-28)40-25(3)38-7)22-30(21-24(2)27-9-15-31(36)16-10-27)29-11-17-32(18-12-29)39-23-34(37)41-35(4,5)6/h9-20,24-26,30,36H,8,21-23H2,1-7H3. The van der Waals surface area contributed by atoms with Gasteiger partial charge >= 0.3 is 5.97 Å². The van der Waals surface area contributed by atoms with E-state index >= 15 is 0 Å². The molecule has 4 unspecified atom stereocenters. The van der Waals surface area contributed by atoms with Crippen LogP contribution in [0.3, 0.4) is 0 Å². The highest BCUT2D eigenvalue weighted by atomic mass is 16.7. The number of methoxy groups -OCH3 is 1. The maximum absolute atomic E-state index is 12.1. The molecule has 6 nitrogen and oxygen atoms in total. The van der Waals surface area contributed by atoms with Crippen molar-refractivity contribution in [1.82, 2.24) is 0 Å². The van der Waals surface area contributed by atoms with Crippen LogP contribution in [0.2, 0.25) is 0 Å². The summed E-state index contributed by atoms with van der Waals surface area (Å²) in [5, 5.41) is 9.76. The molecule has 1 N–H and O–H groups in total. The van der Waals surface area contributed by atoms with E-state index in [0.717, 1.165) is 25.0 Å². The Bertz CT molecular complexity index is 1200. The summed E-state index contributed by atoms with van der Waals surface area (Å²) in [5.74, 6) is 2.26. The van der Waals surface area contributed by atoms with E-state index in [-0.39, 0.29) is 30.5 Å². The Morgan fingerprint density at radius 1 is 0.780 bits per heavy atom. The highest BCUT2D eigenvalue weighted by molar-refractivity contribution is 5.71. The van der Waals surface area contributed by atoms with Crippen molar-refractivity contribution in [3.63, 3.8) is 0 Å². The van der Waals surface area contributed by atoms with Crippen LogP contribution in [0.5, 0.6) is 17.2 Å². The number of benzene rings is 3. The summed E-state index contributed by atoms with van der Waals surface area (Å²) in [6.45, 7) is 11.7. The minimum Gasteiger partial charge on any atom is -0.508 e. The van der Waals surface area contributed by atoms with E-state index in [1.165, 1.54) is 16.7 Å². The van der Waals surface area contributed by atoms with Crippen LogP contribution in [0.25, 0.3) is 0 Å². The molecule has 0 saturated heterocycles. The van der Waals surface area contributed by atoms with Crippen molar-refractivity contribution in [2.24, 2.45) is 0 Å². The number of aromatic hydroxyl groups is 1. The maximum atomic E-state index is 12.1. The largest absolute Gasteiger partial charge is 0.508 e. The van der Waals surface area contributed by atoms with E-state index in [9.17, 15) is 9.90 Å². The Hall–Kier alpha value is -3.51. The highest BCUT2D eigenvalue weighted by Crippen LogP contribution is 2.39. The molecule has 222 valence electrons. The molecule has 0 aromatic heterocycles. The van der Waals surface area contributed by atoms with Gasteiger partial charge in [0, 0.05) is 7.11 Å². The average molecular weight is 563 g/mol. The summed E-state index contributed by atoms with van der Waals surface area (Å²) < 4.78 is 22.1. The van der Waals surface area contributed by atoms with Crippen molar-refractivity contribution in [3.8, 4) is 17.2 Å². The summed E-state index contributed by atoms with van der Waals surface area (Å²) in [5.41, 5.74) is 3.17. The molecule has 0 saturated carbocycles. The smallest absolute Gasteiger partial charge is 0.344 e. The number of rotatable bonds is 14. The first-order chi connectivity index (χ1) is 19.5. The molecule has 0 aliphatic heterocycles. The lowest BCUT2D eigenvalue weighted by atomic mass is 9.78. The third kappa shape index (κ3) is 10.4. The average Bonchev–Trinajstić information content (AvgIpc) is 2.94. The third-order valence-electron chi connectivity index (χ3n) is 7.28. The molecule has 0 aliphatic carbocycles. The van der Waals surface area contributed by atoms with Gasteiger partial charge in [0.1, 0.15) is 22.8 Å². The topological polar surface area (TPSA) is 74.2 Å². The van der Waals surface area contributed by atoms with Gasteiger partial charge in [-0.05, 0) is 118 Å². The van der Waals surface area contributed by atoms with Gasteiger partial charge in [0.2, 0.25) is 0 Å². The number of ether oxygens (including phenoxy) is 4. The van der Waals surface area contributed by atoms with Crippen LogP contribution >= 0.6 is 0 Å². The predicted molar refractivity (Wildman–Crippen MR) is 163 cm³/mol. The van der Waals surface area contributed by atoms with Gasteiger partial charge in [-0.25, -0.2) is 4.79 Å². The van der Waals surface area contributed by atoms with Crippen LogP contribution in [-0.4, -0.2) is 36.7 Å². The number of hydrogen-bond acceptors (Lipinski definition) is 6. The molecule has 0 aliphatic rings. The van der Waals surface area contributed by atoms with Crippen LogP contribution in [-0.2, 0) is 14.3 Å². The fraction of sp³-hybridized carbons (Fsp3) is 0.457. The molecule has 0 amide bonds. The lowest BCUT2D eigenvalue weighted by molar-refractivity contribution is -0.157. The molecule has 3 aromatic rings. The number of carbonyl (C=O) groups is 1. The van der Waals surface area contributed by atoms with Gasteiger partial charge in [-0.15, -0.1) is 0 Å². The van der Waals surface area contributed by atoms with Crippen molar-refractivity contribution in [2.75, 3.05) is 13.7 Å². The summed E-state index contributed by atoms with van der Waals surface area (Å²) in [6.07, 6.45) is 2.64. The molecular weight excluding hydrogens is 516 g/mol. The molecule has 0 spiro atoms. The van der Waals surface area contributed by atoms with E-state index in [1.807, 2.05) is 64.1 Å². The first-order valence-corrected chi connectivity index (χ1v) is 14.5. The lowest BCUT2D eigenvalue weighted by Crippen LogP contribution is -2.27. The van der Waals surface area contributed by atoms with Gasteiger partial charge in [0.25, 0.3) is 0 Å². The maximum Gasteiger partial charge on any atom is 0.344 e. The number of hydrogen-bond donors (Lipinski definition) is 1. The van der Waals surface area contributed by atoms with Crippen LogP contribution in [0.4, 0.5) is 0 Å². The van der Waals surface area contributed by atoms with Crippen molar-refractivity contribution in [1.29, 1.82) is 0 Å². The van der Waals surface area contributed by atoms with E-state index in [4.69, 9.17) is 18.9 Å². The van der Waals surface area contributed by atoms with Crippen LogP contribution in [0.1, 0.15) is 95.2 Å². The Morgan fingerprint density at radius 3 is 1.85 bits per heavy atom. The van der Waals surface area contributed by atoms with Crippen molar-refractivity contribution in [3.05, 3.63) is 89.5 Å². The van der Waals surface area contributed by atoms with Gasteiger partial charge < -0.3 is 24.1 Å². The monoisotopic (exact) mass is 562 g/mol. The second-order valence-electron chi connectivity index (χ2n) is 11.7. The summed E-state index contributed by atoms with van der Waals surface area (Å²) in [7, 11) is 1.63. The molecule has 41 heavy (non-hydrogen) atoms. The predicted octanol–water partition coefficient (Wildman–Crippen LogP) is 8.35. The molecule has 3 rings (SSSR count). The minimum atomic E-state index is -0.544. The van der Waals surface area contributed by atoms with Crippen LogP contribution in [0, 0.1) is 0 Å². The zero-order chi connectivity index (χ0) is 30.0. The van der Waals surface area contributed by atoms with Gasteiger partial charge in [0.15, 0.2) is 12.9 Å².